The van der Waals surface area contributed by atoms with E-state index in [1.165, 1.54) is 122 Å². The van der Waals surface area contributed by atoms with Crippen molar-refractivity contribution in [2.45, 2.75) is 27.7 Å². The van der Waals surface area contributed by atoms with Gasteiger partial charge in [0.1, 0.15) is 0 Å². The van der Waals surface area contributed by atoms with Crippen LogP contribution in [0.2, 0.25) is 0 Å². The number of benzene rings is 10. The highest BCUT2D eigenvalue weighted by atomic mass is 15.0. The normalized spacial score (nSPS) is 11.4. The van der Waals surface area contributed by atoms with Gasteiger partial charge in [0.05, 0.1) is 16.7 Å². The maximum atomic E-state index is 2.47. The first kappa shape index (κ1) is 39.8. The summed E-state index contributed by atoms with van der Waals surface area (Å²) in [6, 6.07) is 83.5. The van der Waals surface area contributed by atoms with Gasteiger partial charge >= 0.3 is 0 Å². The van der Waals surface area contributed by atoms with Crippen LogP contribution in [-0.2, 0) is 0 Å². The molecule has 0 radical (unpaired) electrons. The minimum atomic E-state index is 1.16. The molecule has 0 aliphatic rings. The second-order valence-corrected chi connectivity index (χ2v) is 17.7. The molecule has 65 heavy (non-hydrogen) atoms. The lowest BCUT2D eigenvalue weighted by Gasteiger charge is -2.15. The number of aromatic nitrogens is 1. The van der Waals surface area contributed by atoms with Gasteiger partial charge in [0.15, 0.2) is 0 Å². The van der Waals surface area contributed by atoms with Gasteiger partial charge in [0.25, 0.3) is 0 Å². The quantitative estimate of drug-likeness (QED) is 0.144. The van der Waals surface area contributed by atoms with E-state index in [0.29, 0.717) is 0 Å². The molecule has 10 aromatic carbocycles. The maximum absolute atomic E-state index is 2.47. The minimum Gasteiger partial charge on any atom is -0.309 e. The zero-order chi connectivity index (χ0) is 44.0. The van der Waals surface area contributed by atoms with Crippen LogP contribution in [-0.4, -0.2) is 4.57 Å². The van der Waals surface area contributed by atoms with Crippen LogP contribution in [0.4, 0.5) is 0 Å². The average Bonchev–Trinajstić information content (AvgIpc) is 3.67. The van der Waals surface area contributed by atoms with Gasteiger partial charge in [-0.15, -0.1) is 0 Å². The van der Waals surface area contributed by atoms with E-state index >= 15 is 0 Å². The third kappa shape index (κ3) is 7.77. The Hall–Kier alpha value is -8.00. The number of rotatable bonds is 8. The second-order valence-electron chi connectivity index (χ2n) is 17.7. The molecule has 0 saturated heterocycles. The summed E-state index contributed by atoms with van der Waals surface area (Å²) in [5, 5.41) is 2.43. The molecule has 1 aromatic heterocycles. The van der Waals surface area contributed by atoms with Gasteiger partial charge in [-0.1, -0.05) is 180 Å². The van der Waals surface area contributed by atoms with Crippen LogP contribution in [0, 0.1) is 27.7 Å². The topological polar surface area (TPSA) is 4.93 Å². The van der Waals surface area contributed by atoms with Crippen LogP contribution in [0.15, 0.2) is 224 Å². The molecule has 0 bridgehead atoms. The molecule has 0 saturated carbocycles. The molecule has 0 amide bonds. The largest absolute Gasteiger partial charge is 0.309 e. The van der Waals surface area contributed by atoms with Gasteiger partial charge in [-0.2, -0.15) is 0 Å². The summed E-state index contributed by atoms with van der Waals surface area (Å²) in [6.45, 7) is 8.60. The van der Waals surface area contributed by atoms with E-state index in [2.05, 4.69) is 257 Å². The second kappa shape index (κ2) is 16.6. The molecule has 0 atom stereocenters. The third-order valence-electron chi connectivity index (χ3n) is 13.1. The molecule has 11 rings (SSSR count). The number of nitrogens with zero attached hydrogens (tertiary/aromatic N) is 1. The van der Waals surface area contributed by atoms with E-state index in [4.69, 9.17) is 0 Å². The first-order valence-electron chi connectivity index (χ1n) is 22.6. The Morgan fingerprint density at radius 1 is 0.231 bits per heavy atom. The molecular formula is C64H49N. The molecule has 0 spiro atoms. The van der Waals surface area contributed by atoms with Crippen molar-refractivity contribution in [2.75, 3.05) is 0 Å². The summed E-state index contributed by atoms with van der Waals surface area (Å²) in [5.74, 6) is 0. The minimum absolute atomic E-state index is 1.16. The Labute approximate surface area is 382 Å². The molecule has 0 unspecified atom stereocenters. The Balaban J connectivity index is 1.15. The van der Waals surface area contributed by atoms with Crippen LogP contribution in [0.1, 0.15) is 22.3 Å². The zero-order valence-corrected chi connectivity index (χ0v) is 37.3. The third-order valence-corrected chi connectivity index (χ3v) is 13.1. The lowest BCUT2D eigenvalue weighted by Crippen LogP contribution is -1.97. The lowest BCUT2D eigenvalue weighted by atomic mass is 9.91. The van der Waals surface area contributed by atoms with Gasteiger partial charge in [-0.3, -0.25) is 0 Å². The fourth-order valence-electron chi connectivity index (χ4n) is 9.41. The molecule has 1 heteroatoms. The number of fused-ring (bicyclic) bond motifs is 3. The maximum Gasteiger partial charge on any atom is 0.0541 e. The summed E-state index contributed by atoms with van der Waals surface area (Å²) in [7, 11) is 0. The van der Waals surface area contributed by atoms with Crippen LogP contribution in [0.5, 0.6) is 0 Å². The number of hydrogen-bond acceptors (Lipinski definition) is 0. The van der Waals surface area contributed by atoms with Crippen molar-refractivity contribution in [3.05, 3.63) is 247 Å². The Morgan fingerprint density at radius 3 is 0.908 bits per heavy atom. The summed E-state index contributed by atoms with van der Waals surface area (Å²) in [6.07, 6.45) is 0. The van der Waals surface area contributed by atoms with E-state index in [9.17, 15) is 0 Å². The Bertz CT molecular complexity index is 3190. The molecule has 0 aliphatic carbocycles. The van der Waals surface area contributed by atoms with E-state index in [0.717, 1.165) is 5.69 Å². The van der Waals surface area contributed by atoms with Crippen LogP contribution >= 0.6 is 0 Å². The number of aryl methyl sites for hydroxylation is 4. The summed E-state index contributed by atoms with van der Waals surface area (Å²) < 4.78 is 2.47. The predicted octanol–water partition coefficient (Wildman–Crippen LogP) is 17.7. The average molecular weight is 832 g/mol. The van der Waals surface area contributed by atoms with Crippen molar-refractivity contribution >= 4 is 21.8 Å². The monoisotopic (exact) mass is 831 g/mol. The van der Waals surface area contributed by atoms with Crippen molar-refractivity contribution in [1.82, 2.24) is 4.57 Å². The first-order valence-corrected chi connectivity index (χ1v) is 22.6. The summed E-state index contributed by atoms with van der Waals surface area (Å²) >= 11 is 0. The molecular weight excluding hydrogens is 783 g/mol. The highest BCUT2D eigenvalue weighted by Gasteiger charge is 2.19. The van der Waals surface area contributed by atoms with Gasteiger partial charge in [0.2, 0.25) is 0 Å². The van der Waals surface area contributed by atoms with Gasteiger partial charge in [-0.05, 0) is 167 Å². The molecule has 0 aliphatic heterocycles. The van der Waals surface area contributed by atoms with Gasteiger partial charge in [-0.25, -0.2) is 0 Å². The molecule has 11 aromatic rings. The summed E-state index contributed by atoms with van der Waals surface area (Å²) in [4.78, 5) is 0. The molecule has 1 nitrogen and oxygen atoms in total. The first-order chi connectivity index (χ1) is 31.8. The van der Waals surface area contributed by atoms with E-state index in [1.807, 2.05) is 0 Å². The van der Waals surface area contributed by atoms with Crippen molar-refractivity contribution in [3.63, 3.8) is 0 Å². The number of hydrogen-bond donors (Lipinski definition) is 0. The Kier molecular flexibility index (Phi) is 10.2. The van der Waals surface area contributed by atoms with Crippen molar-refractivity contribution in [2.24, 2.45) is 0 Å². The van der Waals surface area contributed by atoms with E-state index in [-0.39, 0.29) is 0 Å². The molecule has 0 N–H and O–H groups in total. The van der Waals surface area contributed by atoms with Crippen LogP contribution in [0.3, 0.4) is 0 Å². The van der Waals surface area contributed by atoms with Crippen LogP contribution < -0.4 is 0 Å². The molecule has 1 heterocycles. The smallest absolute Gasteiger partial charge is 0.0541 e. The van der Waals surface area contributed by atoms with Gasteiger partial charge in [0, 0.05) is 16.3 Å². The van der Waals surface area contributed by atoms with E-state index in [1.54, 1.807) is 0 Å². The molecule has 310 valence electrons. The van der Waals surface area contributed by atoms with Crippen molar-refractivity contribution in [1.29, 1.82) is 0 Å². The van der Waals surface area contributed by atoms with Gasteiger partial charge < -0.3 is 4.57 Å². The summed E-state index contributed by atoms with van der Waals surface area (Å²) in [5.41, 5.74) is 25.3. The van der Waals surface area contributed by atoms with E-state index < -0.39 is 0 Å². The predicted molar refractivity (Wildman–Crippen MR) is 278 cm³/mol. The van der Waals surface area contributed by atoms with Crippen LogP contribution in [0.25, 0.3) is 105 Å². The highest BCUT2D eigenvalue weighted by Crippen LogP contribution is 2.42. The fourth-order valence-corrected chi connectivity index (χ4v) is 9.41. The number of para-hydroxylation sites is 1. The Morgan fingerprint density at radius 2 is 0.538 bits per heavy atom. The lowest BCUT2D eigenvalue weighted by molar-refractivity contribution is 1.18. The zero-order valence-electron chi connectivity index (χ0n) is 37.3. The standard InChI is InChI=1S/C64H49N/c1-42-14-22-46(23-15-42)53-34-54(47-24-16-43(2)17-25-47)37-57(36-53)51-30-32-63-60(40-51)61-41-52(31-33-64(61)65(63)62-13-9-8-12-59(62)50-10-6-5-7-11-50)58-38-55(48-26-18-44(3)19-27-48)35-56(39-58)49-28-20-45(4)21-29-49/h5-41H,1-4H3. The fraction of sp³-hybridized carbons (Fsp3) is 0.0625. The van der Waals surface area contributed by atoms with Crippen molar-refractivity contribution < 1.29 is 0 Å². The highest BCUT2D eigenvalue weighted by molar-refractivity contribution is 6.12. The molecule has 0 fully saturated rings. The SMILES string of the molecule is Cc1ccc(-c2cc(-c3ccc(C)cc3)cc(-c3ccc4c(c3)c3cc(-c5cc(-c6ccc(C)cc6)cc(-c6ccc(C)cc6)c5)ccc3n4-c3ccccc3-c3ccccc3)c2)cc1. The van der Waals surface area contributed by atoms with Crippen molar-refractivity contribution in [3.8, 4) is 83.6 Å².